The molecule has 1 aromatic carbocycles. The van der Waals surface area contributed by atoms with Crippen molar-refractivity contribution < 1.29 is 14.3 Å². The van der Waals surface area contributed by atoms with Crippen molar-refractivity contribution >= 4 is 23.2 Å². The molecule has 0 aliphatic rings. The van der Waals surface area contributed by atoms with Crippen LogP contribution in [0.1, 0.15) is 26.5 Å². The molecule has 0 saturated carbocycles. The van der Waals surface area contributed by atoms with Crippen molar-refractivity contribution in [3.8, 4) is 16.3 Å². The van der Waals surface area contributed by atoms with E-state index in [2.05, 4.69) is 4.98 Å². The van der Waals surface area contributed by atoms with Crippen molar-refractivity contribution in [1.29, 1.82) is 0 Å². The summed E-state index contributed by atoms with van der Waals surface area (Å²) in [6.07, 6.45) is 0.176. The van der Waals surface area contributed by atoms with Crippen molar-refractivity contribution in [3.63, 3.8) is 0 Å². The van der Waals surface area contributed by atoms with Crippen LogP contribution in [-0.4, -0.2) is 59.9 Å². The summed E-state index contributed by atoms with van der Waals surface area (Å²) in [5, 5.41) is 2.71. The molecule has 6 nitrogen and oxygen atoms in total. The molecule has 2 amide bonds. The summed E-state index contributed by atoms with van der Waals surface area (Å²) < 4.78 is 5.66. The fourth-order valence-electron chi connectivity index (χ4n) is 2.69. The highest BCUT2D eigenvalue weighted by atomic mass is 32.1. The number of likely N-dealkylation sites (N-methyl/N-ethyl adjacent to an activating group) is 2. The molecule has 1 aromatic heterocycles. The van der Waals surface area contributed by atoms with Gasteiger partial charge in [0.05, 0.1) is 30.8 Å². The lowest BCUT2D eigenvalue weighted by molar-refractivity contribution is -0.138. The molecule has 7 heteroatoms. The van der Waals surface area contributed by atoms with E-state index in [-0.39, 0.29) is 24.8 Å². The molecule has 0 atom stereocenters. The van der Waals surface area contributed by atoms with Gasteiger partial charge in [-0.25, -0.2) is 4.98 Å². The number of benzene rings is 1. The third kappa shape index (κ3) is 5.53. The van der Waals surface area contributed by atoms with E-state index in [9.17, 15) is 9.59 Å². The molecule has 0 saturated heterocycles. The van der Waals surface area contributed by atoms with Gasteiger partial charge in [-0.3, -0.25) is 9.59 Å². The first-order valence-corrected chi connectivity index (χ1v) is 10.1. The molecule has 146 valence electrons. The van der Waals surface area contributed by atoms with E-state index < -0.39 is 0 Å². The fourth-order valence-corrected chi connectivity index (χ4v) is 3.54. The number of para-hydroxylation sites is 1. The molecule has 0 aliphatic carbocycles. The number of aromatic nitrogens is 1. The zero-order chi connectivity index (χ0) is 19.8. The highest BCUT2D eigenvalue weighted by molar-refractivity contribution is 7.13. The fraction of sp³-hybridized carbons (Fsp3) is 0.450. The third-order valence-electron chi connectivity index (χ3n) is 4.22. The number of thiazole rings is 1. The molecular weight excluding hydrogens is 362 g/mol. The summed E-state index contributed by atoms with van der Waals surface area (Å²) in [6.45, 7) is 7.76. The number of carbonyl (C=O) groups excluding carboxylic acids is 2. The Balaban J connectivity index is 2.03. The quantitative estimate of drug-likeness (QED) is 0.661. The standard InChI is InChI=1S/C20H27N3O3S/c1-5-23(6-2)19(25)13-22(4)18(24)12-15-14-27-20(21-15)16-10-8-9-11-17(16)26-7-3/h8-11,14H,5-7,12-13H2,1-4H3. The molecule has 0 radical (unpaired) electrons. The van der Waals surface area contributed by atoms with E-state index in [1.165, 1.54) is 16.2 Å². The van der Waals surface area contributed by atoms with Crippen molar-refractivity contribution in [2.45, 2.75) is 27.2 Å². The second-order valence-corrected chi connectivity index (χ2v) is 6.92. The normalized spacial score (nSPS) is 10.5. The largest absolute Gasteiger partial charge is 0.493 e. The lowest BCUT2D eigenvalue weighted by atomic mass is 10.2. The second-order valence-electron chi connectivity index (χ2n) is 6.07. The Morgan fingerprint density at radius 3 is 2.48 bits per heavy atom. The Morgan fingerprint density at radius 2 is 1.81 bits per heavy atom. The van der Waals surface area contributed by atoms with Crippen LogP contribution in [0.2, 0.25) is 0 Å². The van der Waals surface area contributed by atoms with Gasteiger partial charge in [0, 0.05) is 25.5 Å². The molecular formula is C20H27N3O3S. The van der Waals surface area contributed by atoms with Crippen molar-refractivity contribution in [1.82, 2.24) is 14.8 Å². The average molecular weight is 390 g/mol. The minimum Gasteiger partial charge on any atom is -0.493 e. The molecule has 0 N–H and O–H groups in total. The molecule has 0 spiro atoms. The molecule has 0 fully saturated rings. The predicted octanol–water partition coefficient (Wildman–Crippen LogP) is 3.08. The van der Waals surface area contributed by atoms with Crippen LogP contribution in [0, 0.1) is 0 Å². The Kier molecular flexibility index (Phi) is 7.79. The average Bonchev–Trinajstić information content (AvgIpc) is 3.11. The monoisotopic (exact) mass is 389 g/mol. The van der Waals surface area contributed by atoms with E-state index in [1.807, 2.05) is 50.4 Å². The van der Waals surface area contributed by atoms with Crippen molar-refractivity contribution in [3.05, 3.63) is 35.3 Å². The zero-order valence-electron chi connectivity index (χ0n) is 16.4. The number of amides is 2. The Labute approximate surface area is 164 Å². The van der Waals surface area contributed by atoms with Gasteiger partial charge in [-0.15, -0.1) is 11.3 Å². The van der Waals surface area contributed by atoms with Gasteiger partial charge in [-0.2, -0.15) is 0 Å². The van der Waals surface area contributed by atoms with Gasteiger partial charge in [-0.1, -0.05) is 12.1 Å². The summed E-state index contributed by atoms with van der Waals surface area (Å²) in [6, 6.07) is 7.74. The van der Waals surface area contributed by atoms with E-state index in [0.29, 0.717) is 25.4 Å². The number of carbonyl (C=O) groups is 2. The molecule has 0 bridgehead atoms. The molecule has 2 aromatic rings. The van der Waals surface area contributed by atoms with Crippen LogP contribution in [0.3, 0.4) is 0 Å². The topological polar surface area (TPSA) is 62.7 Å². The van der Waals surface area contributed by atoms with Crippen LogP contribution in [-0.2, 0) is 16.0 Å². The van der Waals surface area contributed by atoms with Crippen molar-refractivity contribution in [2.24, 2.45) is 0 Å². The van der Waals surface area contributed by atoms with Gasteiger partial charge in [0.25, 0.3) is 0 Å². The van der Waals surface area contributed by atoms with Gasteiger partial charge in [0.2, 0.25) is 11.8 Å². The maximum absolute atomic E-state index is 12.5. The lowest BCUT2D eigenvalue weighted by Crippen LogP contribution is -2.41. The summed E-state index contributed by atoms with van der Waals surface area (Å²) in [5.74, 6) is 0.625. The second kappa shape index (κ2) is 10.1. The van der Waals surface area contributed by atoms with E-state index >= 15 is 0 Å². The molecule has 2 rings (SSSR count). The number of ether oxygens (including phenoxy) is 1. The third-order valence-corrected chi connectivity index (χ3v) is 5.14. The molecule has 1 heterocycles. The van der Waals surface area contributed by atoms with Crippen LogP contribution in [0.25, 0.3) is 10.6 Å². The van der Waals surface area contributed by atoms with Crippen LogP contribution in [0.5, 0.6) is 5.75 Å². The van der Waals surface area contributed by atoms with Crippen LogP contribution in [0.4, 0.5) is 0 Å². The van der Waals surface area contributed by atoms with E-state index in [4.69, 9.17) is 4.74 Å². The smallest absolute Gasteiger partial charge is 0.242 e. The van der Waals surface area contributed by atoms with Gasteiger partial charge < -0.3 is 14.5 Å². The first kappa shape index (κ1) is 20.9. The first-order chi connectivity index (χ1) is 13.0. The number of hydrogen-bond donors (Lipinski definition) is 0. The summed E-state index contributed by atoms with van der Waals surface area (Å²) in [5.41, 5.74) is 1.63. The predicted molar refractivity (Wildman–Crippen MR) is 108 cm³/mol. The minimum atomic E-state index is -0.120. The van der Waals surface area contributed by atoms with Crippen LogP contribution < -0.4 is 4.74 Å². The Morgan fingerprint density at radius 1 is 1.11 bits per heavy atom. The molecule has 0 aliphatic heterocycles. The first-order valence-electron chi connectivity index (χ1n) is 9.18. The summed E-state index contributed by atoms with van der Waals surface area (Å²) in [4.78, 5) is 32.4. The number of rotatable bonds is 9. The van der Waals surface area contributed by atoms with Gasteiger partial charge in [-0.05, 0) is 32.9 Å². The minimum absolute atomic E-state index is 0.0412. The van der Waals surface area contributed by atoms with Gasteiger partial charge in [0.15, 0.2) is 0 Å². The Bertz CT molecular complexity index is 771. The van der Waals surface area contributed by atoms with E-state index in [1.54, 1.807) is 11.9 Å². The zero-order valence-corrected chi connectivity index (χ0v) is 17.2. The van der Waals surface area contributed by atoms with Crippen LogP contribution in [0.15, 0.2) is 29.6 Å². The maximum Gasteiger partial charge on any atom is 0.242 e. The number of nitrogens with zero attached hydrogens (tertiary/aromatic N) is 3. The van der Waals surface area contributed by atoms with Crippen molar-refractivity contribution in [2.75, 3.05) is 33.3 Å². The number of hydrogen-bond acceptors (Lipinski definition) is 5. The van der Waals surface area contributed by atoms with Gasteiger partial charge >= 0.3 is 0 Å². The van der Waals surface area contributed by atoms with Gasteiger partial charge in [0.1, 0.15) is 10.8 Å². The molecule has 0 unspecified atom stereocenters. The maximum atomic E-state index is 12.5. The summed E-state index contributed by atoms with van der Waals surface area (Å²) >= 11 is 1.49. The highest BCUT2D eigenvalue weighted by Crippen LogP contribution is 2.32. The van der Waals surface area contributed by atoms with Crippen LogP contribution >= 0.6 is 11.3 Å². The SMILES string of the molecule is CCOc1ccccc1-c1nc(CC(=O)N(C)CC(=O)N(CC)CC)cs1. The highest BCUT2D eigenvalue weighted by Gasteiger charge is 2.18. The molecule has 27 heavy (non-hydrogen) atoms. The van der Waals surface area contributed by atoms with E-state index in [0.717, 1.165) is 16.3 Å². The summed E-state index contributed by atoms with van der Waals surface area (Å²) in [7, 11) is 1.65. The Hall–Kier alpha value is -2.41. The lowest BCUT2D eigenvalue weighted by Gasteiger charge is -2.23.